The third kappa shape index (κ3) is 1.88. The molecule has 1 N–H and O–H groups in total. The fourth-order valence-corrected chi connectivity index (χ4v) is 1.39. The topological polar surface area (TPSA) is 46.5 Å². The van der Waals surface area contributed by atoms with E-state index < -0.39 is 0 Å². The molecular weight excluding hydrogens is 196 g/mol. The van der Waals surface area contributed by atoms with Gasteiger partial charge in [-0.15, -0.1) is 0 Å². The van der Waals surface area contributed by atoms with Crippen LogP contribution >= 0.6 is 12.2 Å². The summed E-state index contributed by atoms with van der Waals surface area (Å²) in [6, 6.07) is 3.92. The fourth-order valence-electron chi connectivity index (χ4n) is 1.23. The van der Waals surface area contributed by atoms with Crippen molar-refractivity contribution in [2.24, 2.45) is 7.05 Å². The third-order valence-corrected chi connectivity index (χ3v) is 2.27. The Morgan fingerprint density at radius 3 is 3.00 bits per heavy atom. The number of nitrogens with zero attached hydrogens (tertiary/aromatic N) is 3. The van der Waals surface area contributed by atoms with E-state index in [4.69, 9.17) is 12.2 Å². The largest absolute Gasteiger partial charge is 0.283 e. The van der Waals surface area contributed by atoms with Crippen molar-refractivity contribution in [1.82, 2.24) is 19.7 Å². The number of hydrogen-bond donors (Lipinski definition) is 1. The second-order valence-corrected chi connectivity index (χ2v) is 3.42. The van der Waals surface area contributed by atoms with Crippen LogP contribution in [0.1, 0.15) is 11.4 Å². The maximum Gasteiger partial charge on any atom is 0.215 e. The lowest BCUT2D eigenvalue weighted by molar-refractivity contribution is 0.739. The Morgan fingerprint density at radius 1 is 1.57 bits per heavy atom. The molecule has 0 aromatic carbocycles. The quantitative estimate of drug-likeness (QED) is 0.757. The standard InChI is InChI=1S/C9H10N4S/c1-13-9(14)11-8(12-13)5-7-3-2-4-10-6-7/h2-4,6H,5H2,1H3,(H,11,12,14). The van der Waals surface area contributed by atoms with Gasteiger partial charge in [-0.2, -0.15) is 0 Å². The van der Waals surface area contributed by atoms with Gasteiger partial charge in [-0.3, -0.25) is 14.8 Å². The molecule has 0 atom stereocenters. The average molecular weight is 206 g/mol. The van der Waals surface area contributed by atoms with Crippen LogP contribution in [0.15, 0.2) is 24.5 Å². The number of H-pyrrole nitrogens is 1. The van der Waals surface area contributed by atoms with Crippen LogP contribution < -0.4 is 0 Å². The van der Waals surface area contributed by atoms with Crippen LogP contribution in [0.4, 0.5) is 0 Å². The van der Waals surface area contributed by atoms with Crippen molar-refractivity contribution in [1.29, 1.82) is 0 Å². The van der Waals surface area contributed by atoms with Gasteiger partial charge in [0.15, 0.2) is 0 Å². The van der Waals surface area contributed by atoms with Gasteiger partial charge in [0.05, 0.1) is 0 Å². The molecule has 72 valence electrons. The molecule has 0 saturated heterocycles. The summed E-state index contributed by atoms with van der Waals surface area (Å²) < 4.78 is 2.30. The molecule has 4 nitrogen and oxygen atoms in total. The van der Waals surface area contributed by atoms with Crippen LogP contribution in [0.5, 0.6) is 0 Å². The molecule has 5 heteroatoms. The molecule has 2 aromatic heterocycles. The van der Waals surface area contributed by atoms with Crippen molar-refractivity contribution in [3.05, 3.63) is 40.7 Å². The molecule has 0 saturated carbocycles. The zero-order valence-electron chi connectivity index (χ0n) is 7.77. The van der Waals surface area contributed by atoms with E-state index in [9.17, 15) is 0 Å². The first kappa shape index (κ1) is 9.08. The highest BCUT2D eigenvalue weighted by atomic mass is 32.1. The predicted octanol–water partition coefficient (Wildman–Crippen LogP) is 1.46. The van der Waals surface area contributed by atoms with Gasteiger partial charge in [0, 0.05) is 25.9 Å². The first-order valence-corrected chi connectivity index (χ1v) is 4.67. The maximum atomic E-state index is 5.00. The molecule has 0 amide bonds. The third-order valence-electron chi connectivity index (χ3n) is 1.91. The van der Waals surface area contributed by atoms with Crippen molar-refractivity contribution >= 4 is 12.2 Å². The van der Waals surface area contributed by atoms with Crippen molar-refractivity contribution in [3.8, 4) is 0 Å². The van der Waals surface area contributed by atoms with Gasteiger partial charge in [0.1, 0.15) is 5.82 Å². The Morgan fingerprint density at radius 2 is 2.43 bits per heavy atom. The highest BCUT2D eigenvalue weighted by molar-refractivity contribution is 7.71. The minimum atomic E-state index is 0.573. The van der Waals surface area contributed by atoms with Crippen LogP contribution in [-0.4, -0.2) is 19.7 Å². The van der Waals surface area contributed by atoms with E-state index in [2.05, 4.69) is 15.1 Å². The fraction of sp³-hybridized carbons (Fsp3) is 0.222. The average Bonchev–Trinajstić information content (AvgIpc) is 2.47. The summed E-state index contributed by atoms with van der Waals surface area (Å²) in [5.41, 5.74) is 1.12. The van der Waals surface area contributed by atoms with Crippen LogP contribution in [0.25, 0.3) is 0 Å². The zero-order chi connectivity index (χ0) is 9.97. The molecule has 0 aliphatic rings. The Labute approximate surface area is 86.6 Å². The number of nitrogens with one attached hydrogen (secondary N) is 1. The lowest BCUT2D eigenvalue weighted by Gasteiger charge is -1.95. The van der Waals surface area contributed by atoms with Crippen molar-refractivity contribution < 1.29 is 0 Å². The molecule has 0 unspecified atom stereocenters. The van der Waals surface area contributed by atoms with Crippen LogP contribution in [0, 0.1) is 4.77 Å². The Bertz CT molecular complexity index is 471. The highest BCUT2D eigenvalue weighted by Crippen LogP contribution is 2.02. The molecule has 0 spiro atoms. The van der Waals surface area contributed by atoms with E-state index in [1.807, 2.05) is 25.4 Å². The van der Waals surface area contributed by atoms with E-state index in [-0.39, 0.29) is 0 Å². The lowest BCUT2D eigenvalue weighted by Crippen LogP contribution is -1.94. The van der Waals surface area contributed by atoms with Gasteiger partial charge in [0.2, 0.25) is 4.77 Å². The van der Waals surface area contributed by atoms with Crippen molar-refractivity contribution in [2.75, 3.05) is 0 Å². The van der Waals surface area contributed by atoms with E-state index >= 15 is 0 Å². The maximum absolute atomic E-state index is 5.00. The summed E-state index contributed by atoms with van der Waals surface area (Å²) >= 11 is 5.00. The Balaban J connectivity index is 2.23. The summed E-state index contributed by atoms with van der Waals surface area (Å²) in [6.07, 6.45) is 4.31. The van der Waals surface area contributed by atoms with Gasteiger partial charge in [-0.05, 0) is 23.8 Å². The molecule has 14 heavy (non-hydrogen) atoms. The number of pyridine rings is 1. The first-order chi connectivity index (χ1) is 6.75. The number of rotatable bonds is 2. The number of aryl methyl sites for hydroxylation is 1. The van der Waals surface area contributed by atoms with Gasteiger partial charge >= 0.3 is 0 Å². The molecule has 0 aliphatic carbocycles. The smallest absolute Gasteiger partial charge is 0.215 e. The summed E-state index contributed by atoms with van der Waals surface area (Å²) in [4.78, 5) is 8.24. The zero-order valence-corrected chi connectivity index (χ0v) is 8.58. The molecular formula is C9H10N4S. The molecule has 0 bridgehead atoms. The summed E-state index contributed by atoms with van der Waals surface area (Å²) in [5, 5.41) is 3.07. The second kappa shape index (κ2) is 3.71. The Hall–Kier alpha value is -1.49. The molecule has 2 heterocycles. The number of aromatic nitrogens is 4. The predicted molar refractivity (Wildman–Crippen MR) is 55.4 cm³/mol. The molecule has 2 aromatic rings. The van der Waals surface area contributed by atoms with Gasteiger partial charge in [-0.1, -0.05) is 6.07 Å². The molecule has 2 rings (SSSR count). The summed E-state index contributed by atoms with van der Waals surface area (Å²) in [7, 11) is 1.85. The van der Waals surface area contributed by atoms with Gasteiger partial charge in [-0.25, -0.2) is 4.98 Å². The highest BCUT2D eigenvalue weighted by Gasteiger charge is 2.00. The SMILES string of the molecule is Cn1[nH]c(Cc2cccnc2)nc1=S. The number of aromatic amines is 1. The van der Waals surface area contributed by atoms with Crippen LogP contribution in [-0.2, 0) is 13.5 Å². The monoisotopic (exact) mass is 206 g/mol. The molecule has 0 radical (unpaired) electrons. The first-order valence-electron chi connectivity index (χ1n) is 4.26. The van der Waals surface area contributed by atoms with Gasteiger partial charge < -0.3 is 0 Å². The van der Waals surface area contributed by atoms with Crippen molar-refractivity contribution in [3.63, 3.8) is 0 Å². The molecule has 0 fully saturated rings. The molecule has 0 aliphatic heterocycles. The summed E-state index contributed by atoms with van der Waals surface area (Å²) in [6.45, 7) is 0. The second-order valence-electron chi connectivity index (χ2n) is 3.05. The van der Waals surface area contributed by atoms with Gasteiger partial charge in [0.25, 0.3) is 0 Å². The van der Waals surface area contributed by atoms with Crippen LogP contribution in [0.3, 0.4) is 0 Å². The number of hydrogen-bond acceptors (Lipinski definition) is 3. The summed E-state index contributed by atoms with van der Waals surface area (Å²) in [5.74, 6) is 0.866. The van der Waals surface area contributed by atoms with E-state index in [1.165, 1.54) is 0 Å². The van der Waals surface area contributed by atoms with Crippen LogP contribution in [0.2, 0.25) is 0 Å². The van der Waals surface area contributed by atoms with E-state index in [0.717, 1.165) is 17.8 Å². The normalized spacial score (nSPS) is 10.4. The lowest BCUT2D eigenvalue weighted by atomic mass is 10.2. The van der Waals surface area contributed by atoms with E-state index in [1.54, 1.807) is 10.9 Å². The minimum absolute atomic E-state index is 0.573. The Kier molecular flexibility index (Phi) is 2.41. The van der Waals surface area contributed by atoms with E-state index in [0.29, 0.717) is 4.77 Å². The van der Waals surface area contributed by atoms with Crippen molar-refractivity contribution in [2.45, 2.75) is 6.42 Å². The minimum Gasteiger partial charge on any atom is -0.283 e.